The Morgan fingerprint density at radius 1 is 0.326 bits per heavy atom. The average Bonchev–Trinajstić information content (AvgIpc) is 1.94. The standard InChI is InChI=1S/C38H72O7.C34H68O5.C4H6O3.CH4/c1-8-13-16-20-25-35(44-31(6)39)28-37(42-29-33(11-4)23-14-9-2)36(45-32(7)40)26-21-18-17-19-22-27-38(41)43-30-34(12-5)24-15-10-3;1-6-11-14-18-23-31(35)26-33(38-27-29(9-4)21-12-7-2)32(36)24-19-16-15-17-20-25-34(37)39-28-30(10-5)22-13-8-3;1-3(5)7-4(2)6;/h33-37H,8-30H2,1-7H3;29-33,35-36H,6-28H2,1-5H3;1-2H3;1H4. The van der Waals surface area contributed by atoms with Crippen LogP contribution in [0, 0.1) is 23.7 Å². The van der Waals surface area contributed by atoms with Gasteiger partial charge in [-0.1, -0.05) is 244 Å². The molecule has 0 spiro atoms. The zero-order valence-electron chi connectivity index (χ0n) is 61.5. The van der Waals surface area contributed by atoms with Crippen molar-refractivity contribution in [2.24, 2.45) is 23.7 Å². The topological polar surface area (TPSA) is 207 Å². The molecule has 0 amide bonds. The second-order valence-electron chi connectivity index (χ2n) is 26.2. The molecular formula is C77H150O15. The van der Waals surface area contributed by atoms with Crippen LogP contribution in [-0.4, -0.2) is 109 Å². The van der Waals surface area contributed by atoms with E-state index >= 15 is 0 Å². The minimum Gasteiger partial charge on any atom is -0.465 e. The number of hydrogen-bond acceptors (Lipinski definition) is 15. The summed E-state index contributed by atoms with van der Waals surface area (Å²) in [4.78, 5) is 68.1. The number of carbonyl (C=O) groups excluding carboxylic acids is 6. The molecule has 10 atom stereocenters. The van der Waals surface area contributed by atoms with Gasteiger partial charge in [-0.15, -0.1) is 0 Å². The van der Waals surface area contributed by atoms with Crippen molar-refractivity contribution in [3.05, 3.63) is 0 Å². The molecule has 548 valence electrons. The van der Waals surface area contributed by atoms with Crippen molar-refractivity contribution in [1.29, 1.82) is 0 Å². The molecule has 0 aromatic rings. The Morgan fingerprint density at radius 2 is 0.674 bits per heavy atom. The van der Waals surface area contributed by atoms with E-state index in [9.17, 15) is 39.0 Å². The SMILES string of the molecule is C.CC(=O)OC(C)=O.CCCCCCC(CC(OCC(CC)CCCC)C(CCCCCCCC(=O)OCC(CC)CCCC)OC(C)=O)OC(C)=O.CCCCCCC(O)CC(OCC(CC)CCCC)C(O)CCCCCCCC(=O)OCC(CC)CCCC. The number of aliphatic hydroxyl groups excluding tert-OH is 2. The van der Waals surface area contributed by atoms with E-state index in [0.29, 0.717) is 88.6 Å². The van der Waals surface area contributed by atoms with Crippen molar-refractivity contribution in [2.45, 2.75) is 411 Å². The van der Waals surface area contributed by atoms with Gasteiger partial charge in [-0.05, 0) is 101 Å². The zero-order chi connectivity index (χ0) is 68.7. The first kappa shape index (κ1) is 95.3. The van der Waals surface area contributed by atoms with Gasteiger partial charge < -0.3 is 43.4 Å². The summed E-state index contributed by atoms with van der Waals surface area (Å²) >= 11 is 0. The van der Waals surface area contributed by atoms with Crippen LogP contribution in [0.2, 0.25) is 0 Å². The van der Waals surface area contributed by atoms with Gasteiger partial charge >= 0.3 is 35.8 Å². The van der Waals surface area contributed by atoms with Crippen LogP contribution in [0.1, 0.15) is 374 Å². The number of rotatable bonds is 60. The lowest BCUT2D eigenvalue weighted by atomic mass is 9.96. The molecule has 0 aromatic heterocycles. The molecule has 15 nitrogen and oxygen atoms in total. The van der Waals surface area contributed by atoms with Crippen molar-refractivity contribution in [3.8, 4) is 0 Å². The Balaban J connectivity index is -0.000000758. The maximum atomic E-state index is 12.2. The Labute approximate surface area is 566 Å². The quantitative estimate of drug-likeness (QED) is 0.0251. The number of unbranched alkanes of at least 4 members (excludes halogenated alkanes) is 18. The second kappa shape index (κ2) is 69.2. The van der Waals surface area contributed by atoms with Gasteiger partial charge in [0.2, 0.25) is 0 Å². The highest BCUT2D eigenvalue weighted by molar-refractivity contribution is 5.82. The lowest BCUT2D eigenvalue weighted by Crippen LogP contribution is -2.38. The molecule has 0 saturated carbocycles. The molecule has 15 heteroatoms. The number of esters is 6. The third kappa shape index (κ3) is 62.9. The van der Waals surface area contributed by atoms with E-state index in [4.69, 9.17) is 28.4 Å². The number of hydrogen-bond donors (Lipinski definition) is 2. The monoisotopic (exact) mass is 1320 g/mol. The summed E-state index contributed by atoms with van der Waals surface area (Å²) in [5.74, 6) is 0.102. The van der Waals surface area contributed by atoms with E-state index in [1.807, 2.05) is 0 Å². The smallest absolute Gasteiger partial charge is 0.310 e. The Hall–Kier alpha value is -3.14. The lowest BCUT2D eigenvalue weighted by Gasteiger charge is -2.31. The number of ether oxygens (including phenoxy) is 7. The minimum absolute atomic E-state index is 0. The molecule has 0 aliphatic heterocycles. The molecule has 0 radical (unpaired) electrons. The van der Waals surface area contributed by atoms with Crippen LogP contribution >= 0.6 is 0 Å². The Morgan fingerprint density at radius 3 is 1.05 bits per heavy atom. The second-order valence-corrected chi connectivity index (χ2v) is 26.2. The van der Waals surface area contributed by atoms with E-state index in [2.05, 4.69) is 74.0 Å². The van der Waals surface area contributed by atoms with Crippen LogP contribution in [0.3, 0.4) is 0 Å². The van der Waals surface area contributed by atoms with Crippen LogP contribution in [0.4, 0.5) is 0 Å². The van der Waals surface area contributed by atoms with Crippen LogP contribution in [0.5, 0.6) is 0 Å². The molecule has 0 aromatic carbocycles. The maximum absolute atomic E-state index is 12.2. The minimum atomic E-state index is -0.562. The highest BCUT2D eigenvalue weighted by Gasteiger charge is 2.31. The highest BCUT2D eigenvalue weighted by Crippen LogP contribution is 2.26. The van der Waals surface area contributed by atoms with Crippen molar-refractivity contribution >= 4 is 35.8 Å². The van der Waals surface area contributed by atoms with Crippen molar-refractivity contribution in [2.75, 3.05) is 26.4 Å². The van der Waals surface area contributed by atoms with E-state index in [-0.39, 0.29) is 55.7 Å². The van der Waals surface area contributed by atoms with Gasteiger partial charge in [-0.2, -0.15) is 0 Å². The van der Waals surface area contributed by atoms with Crippen molar-refractivity contribution < 1.29 is 72.1 Å². The fourth-order valence-corrected chi connectivity index (χ4v) is 11.3. The van der Waals surface area contributed by atoms with Crippen LogP contribution in [0.15, 0.2) is 0 Å². The first-order valence-electron chi connectivity index (χ1n) is 37.7. The molecule has 0 fully saturated rings. The van der Waals surface area contributed by atoms with Gasteiger partial charge in [-0.25, -0.2) is 0 Å². The molecule has 0 bridgehead atoms. The highest BCUT2D eigenvalue weighted by atomic mass is 16.6. The normalized spacial score (nSPS) is 14.4. The molecule has 92 heavy (non-hydrogen) atoms. The predicted octanol–water partition coefficient (Wildman–Crippen LogP) is 20.2. The molecule has 0 aliphatic rings. The van der Waals surface area contributed by atoms with Crippen LogP contribution < -0.4 is 0 Å². The van der Waals surface area contributed by atoms with E-state index in [0.717, 1.165) is 167 Å². The summed E-state index contributed by atoms with van der Waals surface area (Å²) in [6, 6.07) is 0. The van der Waals surface area contributed by atoms with Crippen molar-refractivity contribution in [1.82, 2.24) is 0 Å². The summed E-state index contributed by atoms with van der Waals surface area (Å²) < 4.78 is 39.5. The summed E-state index contributed by atoms with van der Waals surface area (Å²) in [6.45, 7) is 29.7. The van der Waals surface area contributed by atoms with Gasteiger partial charge in [-0.3, -0.25) is 28.8 Å². The summed E-state index contributed by atoms with van der Waals surface area (Å²) in [5, 5.41) is 21.6. The fourth-order valence-electron chi connectivity index (χ4n) is 11.3. The molecule has 0 aliphatic carbocycles. The maximum Gasteiger partial charge on any atom is 0.310 e. The molecule has 2 N–H and O–H groups in total. The van der Waals surface area contributed by atoms with Crippen LogP contribution in [-0.2, 0) is 61.9 Å². The molecule has 10 unspecified atom stereocenters. The summed E-state index contributed by atoms with van der Waals surface area (Å²) in [5.41, 5.74) is 0. The lowest BCUT2D eigenvalue weighted by molar-refractivity contribution is -0.163. The summed E-state index contributed by atoms with van der Waals surface area (Å²) in [7, 11) is 0. The van der Waals surface area contributed by atoms with Gasteiger partial charge in [0.05, 0.1) is 37.6 Å². The van der Waals surface area contributed by atoms with Gasteiger partial charge in [0.1, 0.15) is 12.2 Å². The summed E-state index contributed by atoms with van der Waals surface area (Å²) in [6.07, 6.45) is 39.8. The van der Waals surface area contributed by atoms with E-state index in [1.165, 1.54) is 91.9 Å². The first-order chi connectivity index (χ1) is 43.7. The first-order valence-corrected chi connectivity index (χ1v) is 37.7. The van der Waals surface area contributed by atoms with Gasteiger partial charge in [0, 0.05) is 66.6 Å². The number of carbonyl (C=O) groups is 6. The van der Waals surface area contributed by atoms with Crippen LogP contribution in [0.25, 0.3) is 0 Å². The zero-order valence-corrected chi connectivity index (χ0v) is 61.5. The van der Waals surface area contributed by atoms with E-state index < -0.39 is 24.1 Å². The van der Waals surface area contributed by atoms with Gasteiger partial charge in [0.15, 0.2) is 0 Å². The molecular weight excluding hydrogens is 1160 g/mol. The third-order valence-corrected chi connectivity index (χ3v) is 17.5. The van der Waals surface area contributed by atoms with E-state index in [1.54, 1.807) is 0 Å². The molecule has 0 heterocycles. The third-order valence-electron chi connectivity index (χ3n) is 17.5. The molecule has 0 saturated heterocycles. The Kier molecular flexibility index (Phi) is 71.7. The molecule has 0 rings (SSSR count). The Bertz CT molecular complexity index is 1660. The van der Waals surface area contributed by atoms with Crippen molar-refractivity contribution in [3.63, 3.8) is 0 Å². The fraction of sp³-hybridized carbons (Fsp3) is 0.922. The predicted molar refractivity (Wildman–Crippen MR) is 378 cm³/mol. The average molecular weight is 1320 g/mol. The largest absolute Gasteiger partial charge is 0.465 e. The van der Waals surface area contributed by atoms with Gasteiger partial charge in [0.25, 0.3) is 0 Å². The number of aliphatic hydroxyl groups is 2.